The van der Waals surface area contributed by atoms with E-state index in [0.29, 0.717) is 18.2 Å². The van der Waals surface area contributed by atoms with Gasteiger partial charge in [-0.05, 0) is 43.9 Å². The minimum absolute atomic E-state index is 0.0315. The number of rotatable bonds is 6. The molecule has 0 saturated carbocycles. The summed E-state index contributed by atoms with van der Waals surface area (Å²) in [5, 5.41) is 6.60. The number of hydrogen-bond acceptors (Lipinski definition) is 4. The van der Waals surface area contributed by atoms with E-state index >= 15 is 0 Å². The fourth-order valence-electron chi connectivity index (χ4n) is 1.96. The standard InChI is InChI=1S/C16H19ClN4O/c1-21(2)11-16(22)20-14-5-3-4-12(8-14)10-19-13-6-7-18-15(17)9-13/h3-9H,10-11H2,1-2H3,(H,18,19)(H,20,22). The molecule has 1 aromatic carbocycles. The van der Waals surface area contributed by atoms with Crippen molar-refractivity contribution in [3.63, 3.8) is 0 Å². The first-order valence-corrected chi connectivity index (χ1v) is 7.29. The van der Waals surface area contributed by atoms with Crippen LogP contribution in [-0.2, 0) is 11.3 Å². The van der Waals surface area contributed by atoms with E-state index in [2.05, 4.69) is 15.6 Å². The van der Waals surface area contributed by atoms with Gasteiger partial charge in [0.25, 0.3) is 0 Å². The molecule has 1 aromatic heterocycles. The molecule has 22 heavy (non-hydrogen) atoms. The Morgan fingerprint density at radius 2 is 2.05 bits per heavy atom. The number of nitrogens with zero attached hydrogens (tertiary/aromatic N) is 2. The third-order valence-corrected chi connectivity index (χ3v) is 3.10. The number of amides is 1. The highest BCUT2D eigenvalue weighted by atomic mass is 35.5. The number of likely N-dealkylation sites (N-methyl/N-ethyl adjacent to an activating group) is 1. The highest BCUT2D eigenvalue weighted by Gasteiger charge is 2.04. The van der Waals surface area contributed by atoms with Gasteiger partial charge < -0.3 is 15.5 Å². The smallest absolute Gasteiger partial charge is 0.238 e. The third kappa shape index (κ3) is 5.35. The zero-order chi connectivity index (χ0) is 15.9. The molecule has 1 heterocycles. The summed E-state index contributed by atoms with van der Waals surface area (Å²) >= 11 is 5.85. The molecule has 2 rings (SSSR count). The molecule has 0 atom stereocenters. The number of anilines is 2. The van der Waals surface area contributed by atoms with Gasteiger partial charge in [0.2, 0.25) is 5.91 Å². The number of nitrogens with one attached hydrogen (secondary N) is 2. The Labute approximate surface area is 135 Å². The number of benzene rings is 1. The van der Waals surface area contributed by atoms with Gasteiger partial charge in [0.05, 0.1) is 6.54 Å². The maximum Gasteiger partial charge on any atom is 0.238 e. The summed E-state index contributed by atoms with van der Waals surface area (Å²) in [7, 11) is 3.72. The van der Waals surface area contributed by atoms with Gasteiger partial charge >= 0.3 is 0 Å². The lowest BCUT2D eigenvalue weighted by Gasteiger charge is -2.11. The molecule has 0 spiro atoms. The van der Waals surface area contributed by atoms with Crippen LogP contribution in [-0.4, -0.2) is 36.4 Å². The van der Waals surface area contributed by atoms with Gasteiger partial charge in [0.1, 0.15) is 5.15 Å². The highest BCUT2D eigenvalue weighted by Crippen LogP contribution is 2.15. The average molecular weight is 319 g/mol. The largest absolute Gasteiger partial charge is 0.381 e. The summed E-state index contributed by atoms with van der Waals surface area (Å²) in [5.41, 5.74) is 2.76. The Balaban J connectivity index is 1.95. The summed E-state index contributed by atoms with van der Waals surface area (Å²) in [6, 6.07) is 11.4. The van der Waals surface area contributed by atoms with Crippen LogP contribution in [0, 0.1) is 0 Å². The van der Waals surface area contributed by atoms with Crippen LogP contribution in [0.4, 0.5) is 11.4 Å². The quantitative estimate of drug-likeness (QED) is 0.804. The molecular weight excluding hydrogens is 300 g/mol. The number of pyridine rings is 1. The maximum atomic E-state index is 11.8. The van der Waals surface area contributed by atoms with E-state index in [0.717, 1.165) is 16.9 Å². The second-order valence-corrected chi connectivity index (χ2v) is 5.59. The molecule has 6 heteroatoms. The van der Waals surface area contributed by atoms with E-state index in [1.807, 2.05) is 49.3 Å². The van der Waals surface area contributed by atoms with Crippen molar-refractivity contribution >= 4 is 28.9 Å². The molecule has 0 saturated heterocycles. The van der Waals surface area contributed by atoms with Crippen LogP contribution in [0.15, 0.2) is 42.6 Å². The van der Waals surface area contributed by atoms with Crippen molar-refractivity contribution < 1.29 is 4.79 Å². The minimum Gasteiger partial charge on any atom is -0.381 e. The monoisotopic (exact) mass is 318 g/mol. The van der Waals surface area contributed by atoms with Gasteiger partial charge in [0.15, 0.2) is 0 Å². The Hall–Kier alpha value is -2.11. The van der Waals surface area contributed by atoms with Crippen molar-refractivity contribution in [1.82, 2.24) is 9.88 Å². The SMILES string of the molecule is CN(C)CC(=O)Nc1cccc(CNc2ccnc(Cl)c2)c1. The fraction of sp³-hybridized carbons (Fsp3) is 0.250. The van der Waals surface area contributed by atoms with Crippen molar-refractivity contribution in [2.24, 2.45) is 0 Å². The van der Waals surface area contributed by atoms with Gasteiger partial charge in [-0.1, -0.05) is 23.7 Å². The van der Waals surface area contributed by atoms with Crippen LogP contribution in [0.5, 0.6) is 0 Å². The normalized spacial score (nSPS) is 10.5. The molecule has 116 valence electrons. The Bertz CT molecular complexity index is 646. The molecule has 5 nitrogen and oxygen atoms in total. The molecule has 2 aromatic rings. The number of halogens is 1. The molecule has 0 aliphatic rings. The molecule has 0 unspecified atom stereocenters. The van der Waals surface area contributed by atoms with Crippen molar-refractivity contribution in [3.05, 3.63) is 53.3 Å². The van der Waals surface area contributed by atoms with Crippen LogP contribution in [0.25, 0.3) is 0 Å². The van der Waals surface area contributed by atoms with E-state index in [-0.39, 0.29) is 5.91 Å². The number of carbonyl (C=O) groups is 1. The molecule has 0 radical (unpaired) electrons. The van der Waals surface area contributed by atoms with Gasteiger partial charge in [-0.25, -0.2) is 4.98 Å². The second-order valence-electron chi connectivity index (χ2n) is 5.21. The van der Waals surface area contributed by atoms with Crippen LogP contribution in [0.1, 0.15) is 5.56 Å². The zero-order valence-electron chi connectivity index (χ0n) is 12.6. The van der Waals surface area contributed by atoms with Crippen LogP contribution in [0.2, 0.25) is 5.15 Å². The van der Waals surface area contributed by atoms with E-state index in [1.54, 1.807) is 12.3 Å². The van der Waals surface area contributed by atoms with Crippen molar-refractivity contribution in [2.75, 3.05) is 31.3 Å². The van der Waals surface area contributed by atoms with Gasteiger partial charge in [-0.3, -0.25) is 4.79 Å². The molecular formula is C16H19ClN4O. The van der Waals surface area contributed by atoms with Gasteiger partial charge in [-0.15, -0.1) is 0 Å². The summed E-state index contributed by atoms with van der Waals surface area (Å²) < 4.78 is 0. The van der Waals surface area contributed by atoms with E-state index in [1.165, 1.54) is 0 Å². The van der Waals surface area contributed by atoms with Crippen LogP contribution < -0.4 is 10.6 Å². The van der Waals surface area contributed by atoms with Gasteiger partial charge in [-0.2, -0.15) is 0 Å². The topological polar surface area (TPSA) is 57.3 Å². The highest BCUT2D eigenvalue weighted by molar-refractivity contribution is 6.29. The van der Waals surface area contributed by atoms with E-state index in [4.69, 9.17) is 11.6 Å². The summed E-state index contributed by atoms with van der Waals surface area (Å²) in [4.78, 5) is 17.5. The van der Waals surface area contributed by atoms with Crippen LogP contribution >= 0.6 is 11.6 Å². The van der Waals surface area contributed by atoms with Gasteiger partial charge in [0, 0.05) is 24.1 Å². The average Bonchev–Trinajstić information content (AvgIpc) is 2.44. The first-order valence-electron chi connectivity index (χ1n) is 6.92. The number of aromatic nitrogens is 1. The van der Waals surface area contributed by atoms with E-state index < -0.39 is 0 Å². The lowest BCUT2D eigenvalue weighted by atomic mass is 10.2. The zero-order valence-corrected chi connectivity index (χ0v) is 13.4. The Morgan fingerprint density at radius 3 is 2.77 bits per heavy atom. The third-order valence-electron chi connectivity index (χ3n) is 2.89. The molecule has 0 bridgehead atoms. The summed E-state index contributed by atoms with van der Waals surface area (Å²) in [6.07, 6.45) is 1.66. The lowest BCUT2D eigenvalue weighted by Crippen LogP contribution is -2.27. The molecule has 2 N–H and O–H groups in total. The minimum atomic E-state index is -0.0315. The molecule has 1 amide bonds. The van der Waals surface area contributed by atoms with Crippen molar-refractivity contribution in [1.29, 1.82) is 0 Å². The predicted molar refractivity (Wildman–Crippen MR) is 90.2 cm³/mol. The van der Waals surface area contributed by atoms with Crippen LogP contribution in [0.3, 0.4) is 0 Å². The van der Waals surface area contributed by atoms with E-state index in [9.17, 15) is 4.79 Å². The maximum absolute atomic E-state index is 11.8. The summed E-state index contributed by atoms with van der Waals surface area (Å²) in [6.45, 7) is 0.996. The Morgan fingerprint density at radius 1 is 1.23 bits per heavy atom. The van der Waals surface area contributed by atoms with Crippen molar-refractivity contribution in [2.45, 2.75) is 6.54 Å². The second kappa shape index (κ2) is 7.77. The first-order chi connectivity index (χ1) is 10.5. The molecule has 0 aliphatic heterocycles. The fourth-order valence-corrected chi connectivity index (χ4v) is 2.14. The molecule has 0 aliphatic carbocycles. The number of hydrogen-bond donors (Lipinski definition) is 2. The van der Waals surface area contributed by atoms with Crippen molar-refractivity contribution in [3.8, 4) is 0 Å². The predicted octanol–water partition coefficient (Wildman–Crippen LogP) is 2.85. The number of carbonyl (C=O) groups excluding carboxylic acids is 1. The first kappa shape index (κ1) is 16.3. The Kier molecular flexibility index (Phi) is 5.75. The molecule has 0 fully saturated rings. The summed E-state index contributed by atoms with van der Waals surface area (Å²) in [5.74, 6) is -0.0315. The lowest BCUT2D eigenvalue weighted by molar-refractivity contribution is -0.116.